The Balaban J connectivity index is 1.94. The van der Waals surface area contributed by atoms with Crippen molar-refractivity contribution in [1.29, 1.82) is 0 Å². The molecule has 22 heavy (non-hydrogen) atoms. The smallest absolute Gasteiger partial charge is 0.225 e. The molecule has 1 aliphatic rings. The van der Waals surface area contributed by atoms with Crippen LogP contribution >= 0.6 is 0 Å². The lowest BCUT2D eigenvalue weighted by molar-refractivity contribution is -0.128. The first-order valence-corrected chi connectivity index (χ1v) is 7.11. The zero-order valence-electron chi connectivity index (χ0n) is 12.0. The van der Waals surface area contributed by atoms with Crippen LogP contribution in [0.3, 0.4) is 0 Å². The van der Waals surface area contributed by atoms with Gasteiger partial charge in [0.15, 0.2) is 11.5 Å². The summed E-state index contributed by atoms with van der Waals surface area (Å²) in [6.45, 7) is 2.27. The van der Waals surface area contributed by atoms with Gasteiger partial charge in [0.1, 0.15) is 17.9 Å². The van der Waals surface area contributed by atoms with Gasteiger partial charge in [-0.25, -0.2) is 15.0 Å². The van der Waals surface area contributed by atoms with Gasteiger partial charge in [-0.3, -0.25) is 4.79 Å². The van der Waals surface area contributed by atoms with Crippen LogP contribution in [-0.2, 0) is 4.79 Å². The minimum absolute atomic E-state index is 0.247. The Labute approximate surface area is 126 Å². The van der Waals surface area contributed by atoms with E-state index < -0.39 is 24.2 Å². The molecule has 4 unspecified atom stereocenters. The summed E-state index contributed by atoms with van der Waals surface area (Å²) in [7, 11) is 0. The van der Waals surface area contributed by atoms with E-state index in [4.69, 9.17) is 5.73 Å². The molecule has 2 aromatic heterocycles. The van der Waals surface area contributed by atoms with Crippen molar-refractivity contribution in [3.63, 3.8) is 0 Å². The first-order chi connectivity index (χ1) is 10.5. The highest BCUT2D eigenvalue weighted by Gasteiger charge is 2.46. The average Bonchev–Trinajstić information content (AvgIpc) is 3.03. The number of imidazole rings is 1. The van der Waals surface area contributed by atoms with Crippen LogP contribution in [0.15, 0.2) is 12.7 Å². The number of carbonyl (C=O) groups is 1. The van der Waals surface area contributed by atoms with Crippen LogP contribution in [0.2, 0.25) is 0 Å². The summed E-state index contributed by atoms with van der Waals surface area (Å²) >= 11 is 0. The number of fused-ring (bicyclic) bond motifs is 1. The standard InChI is InChI=1S/C13H18N6O3/c1-2-15-13(22)6-3-7(10(21)9(6)20)19-5-18-8-11(14)16-4-17-12(8)19/h4-7,9-10,20-21H,2-3H2,1H3,(H,15,22)(H2,14,16,17). The van der Waals surface area contributed by atoms with Crippen molar-refractivity contribution in [2.24, 2.45) is 5.92 Å². The van der Waals surface area contributed by atoms with Gasteiger partial charge in [-0.2, -0.15) is 0 Å². The number of hydrogen-bond donors (Lipinski definition) is 4. The molecule has 0 spiro atoms. The Bertz CT molecular complexity index is 702. The SMILES string of the molecule is CCNC(=O)C1CC(n2cnc3c(N)ncnc32)C(O)C1O. The molecule has 1 saturated carbocycles. The Morgan fingerprint density at radius 2 is 2.18 bits per heavy atom. The molecular weight excluding hydrogens is 288 g/mol. The predicted molar refractivity (Wildman–Crippen MR) is 77.6 cm³/mol. The number of nitrogen functional groups attached to an aromatic ring is 1. The minimum Gasteiger partial charge on any atom is -0.390 e. The molecule has 2 aromatic rings. The maximum atomic E-state index is 12.0. The first-order valence-electron chi connectivity index (χ1n) is 7.11. The third-order valence-electron chi connectivity index (χ3n) is 4.08. The van der Waals surface area contributed by atoms with Crippen LogP contribution < -0.4 is 11.1 Å². The van der Waals surface area contributed by atoms with Crippen molar-refractivity contribution < 1.29 is 15.0 Å². The number of amides is 1. The topological polar surface area (TPSA) is 139 Å². The molecule has 1 aliphatic carbocycles. The number of nitrogens with one attached hydrogen (secondary N) is 1. The Kier molecular flexibility index (Phi) is 3.67. The quantitative estimate of drug-likeness (QED) is 0.560. The van der Waals surface area contributed by atoms with E-state index in [-0.39, 0.29) is 11.7 Å². The van der Waals surface area contributed by atoms with E-state index in [1.165, 1.54) is 12.7 Å². The van der Waals surface area contributed by atoms with Crippen LogP contribution in [0.25, 0.3) is 11.2 Å². The van der Waals surface area contributed by atoms with Crippen molar-refractivity contribution in [1.82, 2.24) is 24.8 Å². The van der Waals surface area contributed by atoms with Crippen molar-refractivity contribution in [2.45, 2.75) is 31.6 Å². The Morgan fingerprint density at radius 1 is 1.41 bits per heavy atom. The van der Waals surface area contributed by atoms with Gasteiger partial charge in [0.25, 0.3) is 0 Å². The summed E-state index contributed by atoms with van der Waals surface area (Å²) < 4.78 is 1.64. The molecule has 4 atom stereocenters. The van der Waals surface area contributed by atoms with Crippen LogP contribution in [-0.4, -0.2) is 54.4 Å². The zero-order chi connectivity index (χ0) is 15.9. The van der Waals surface area contributed by atoms with Gasteiger partial charge in [0.2, 0.25) is 5.91 Å². The molecule has 1 fully saturated rings. The molecule has 0 saturated heterocycles. The van der Waals surface area contributed by atoms with Crippen molar-refractivity contribution in [2.75, 3.05) is 12.3 Å². The second kappa shape index (κ2) is 5.50. The van der Waals surface area contributed by atoms with Gasteiger partial charge in [-0.1, -0.05) is 0 Å². The second-order valence-corrected chi connectivity index (χ2v) is 5.37. The van der Waals surface area contributed by atoms with E-state index >= 15 is 0 Å². The van der Waals surface area contributed by atoms with E-state index in [0.717, 1.165) is 0 Å². The van der Waals surface area contributed by atoms with Gasteiger partial charge < -0.3 is 25.8 Å². The highest BCUT2D eigenvalue weighted by atomic mass is 16.3. The molecule has 3 rings (SSSR count). The van der Waals surface area contributed by atoms with Crippen LogP contribution in [0.1, 0.15) is 19.4 Å². The monoisotopic (exact) mass is 306 g/mol. The van der Waals surface area contributed by atoms with Crippen LogP contribution in [0.4, 0.5) is 5.82 Å². The number of aliphatic hydroxyl groups is 2. The Morgan fingerprint density at radius 3 is 2.91 bits per heavy atom. The van der Waals surface area contributed by atoms with E-state index in [2.05, 4.69) is 20.3 Å². The molecule has 0 radical (unpaired) electrons. The maximum Gasteiger partial charge on any atom is 0.225 e. The van der Waals surface area contributed by atoms with E-state index in [0.29, 0.717) is 24.1 Å². The van der Waals surface area contributed by atoms with E-state index in [1.807, 2.05) is 0 Å². The number of anilines is 1. The summed E-state index contributed by atoms with van der Waals surface area (Å²) in [6.07, 6.45) is 0.892. The third kappa shape index (κ3) is 2.18. The van der Waals surface area contributed by atoms with E-state index in [1.54, 1.807) is 11.5 Å². The van der Waals surface area contributed by atoms with Gasteiger partial charge in [0.05, 0.1) is 24.4 Å². The van der Waals surface area contributed by atoms with Gasteiger partial charge in [-0.15, -0.1) is 0 Å². The zero-order valence-corrected chi connectivity index (χ0v) is 12.0. The number of aliphatic hydroxyl groups excluding tert-OH is 2. The number of hydrogen-bond acceptors (Lipinski definition) is 7. The fourth-order valence-electron chi connectivity index (χ4n) is 2.96. The summed E-state index contributed by atoms with van der Waals surface area (Å²) in [5.74, 6) is -0.691. The molecule has 0 bridgehead atoms. The van der Waals surface area contributed by atoms with Crippen LogP contribution in [0, 0.1) is 5.92 Å². The summed E-state index contributed by atoms with van der Waals surface area (Å²) in [6, 6.07) is -0.498. The third-order valence-corrected chi connectivity index (χ3v) is 4.08. The summed E-state index contributed by atoms with van der Waals surface area (Å²) in [5, 5.41) is 23.1. The van der Waals surface area contributed by atoms with E-state index in [9.17, 15) is 15.0 Å². The lowest BCUT2D eigenvalue weighted by Gasteiger charge is -2.18. The molecule has 1 amide bonds. The molecule has 2 heterocycles. The average molecular weight is 306 g/mol. The fraction of sp³-hybridized carbons (Fsp3) is 0.538. The highest BCUT2D eigenvalue weighted by molar-refractivity contribution is 5.82. The number of aromatic nitrogens is 4. The molecule has 0 aliphatic heterocycles. The van der Waals surface area contributed by atoms with Crippen molar-refractivity contribution in [3.05, 3.63) is 12.7 Å². The summed E-state index contributed by atoms with van der Waals surface area (Å²) in [4.78, 5) is 24.1. The largest absolute Gasteiger partial charge is 0.390 e. The lowest BCUT2D eigenvalue weighted by Crippen LogP contribution is -2.38. The second-order valence-electron chi connectivity index (χ2n) is 5.37. The maximum absolute atomic E-state index is 12.0. The number of carbonyl (C=O) groups excluding carboxylic acids is 1. The van der Waals surface area contributed by atoms with Crippen molar-refractivity contribution in [3.8, 4) is 0 Å². The minimum atomic E-state index is -1.13. The van der Waals surface area contributed by atoms with Gasteiger partial charge in [-0.05, 0) is 13.3 Å². The van der Waals surface area contributed by atoms with Gasteiger partial charge in [0, 0.05) is 6.54 Å². The number of nitrogens with two attached hydrogens (primary N) is 1. The number of rotatable bonds is 3. The fourth-order valence-corrected chi connectivity index (χ4v) is 2.96. The highest BCUT2D eigenvalue weighted by Crippen LogP contribution is 2.37. The normalized spacial score (nSPS) is 28.1. The molecule has 9 heteroatoms. The Hall–Kier alpha value is -2.26. The molecule has 5 N–H and O–H groups in total. The van der Waals surface area contributed by atoms with Crippen molar-refractivity contribution >= 4 is 22.9 Å². The van der Waals surface area contributed by atoms with Crippen LogP contribution in [0.5, 0.6) is 0 Å². The molecular formula is C13H18N6O3. The lowest BCUT2D eigenvalue weighted by atomic mass is 10.0. The number of nitrogens with zero attached hydrogens (tertiary/aromatic N) is 4. The molecule has 118 valence electrons. The summed E-state index contributed by atoms with van der Waals surface area (Å²) in [5.41, 5.74) is 6.65. The molecule has 0 aromatic carbocycles. The van der Waals surface area contributed by atoms with Gasteiger partial charge >= 0.3 is 0 Å². The predicted octanol–water partition coefficient (Wildman–Crippen LogP) is -1.17. The molecule has 9 nitrogen and oxygen atoms in total. The first kappa shape index (κ1) is 14.7.